The van der Waals surface area contributed by atoms with Gasteiger partial charge in [0, 0.05) is 59.3 Å². The number of nitrogens with one attached hydrogen (secondary N) is 1. The largest absolute Gasteiger partial charge is 0.460 e. The van der Waals surface area contributed by atoms with E-state index in [1.54, 1.807) is 62.3 Å². The Morgan fingerprint density at radius 1 is 0.517 bits per heavy atom. The molecule has 0 spiro atoms. The molecular formula is C41H65N7O12. The van der Waals surface area contributed by atoms with E-state index in [2.05, 4.69) is 25.1 Å². The third-order valence-corrected chi connectivity index (χ3v) is 8.84. The van der Waals surface area contributed by atoms with Crippen LogP contribution < -0.4 is 22.4 Å². The molecule has 0 radical (unpaired) electrons. The Bertz CT molecular complexity index is 1730. The molecule has 0 aliphatic carbocycles. The van der Waals surface area contributed by atoms with Gasteiger partial charge in [-0.2, -0.15) is 0 Å². The minimum atomic E-state index is -1.13. The number of aromatic nitrogens is 3. The van der Waals surface area contributed by atoms with E-state index in [4.69, 9.17) is 14.2 Å². The molecule has 336 valence electrons. The number of carbonyl (C=O) groups is 6. The van der Waals surface area contributed by atoms with Crippen LogP contribution in [0.5, 0.6) is 0 Å². The number of ether oxygens (including phenoxy) is 3. The number of rotatable bonds is 20. The summed E-state index contributed by atoms with van der Waals surface area (Å²) in [6.07, 6.45) is -0.794. The Kier molecular flexibility index (Phi) is 19.2. The van der Waals surface area contributed by atoms with Crippen LogP contribution in [0.15, 0.2) is 50.8 Å². The summed E-state index contributed by atoms with van der Waals surface area (Å²) in [5, 5.41) is 2.53. The Hall–Kier alpha value is -5.75. The summed E-state index contributed by atoms with van der Waals surface area (Å²) in [6.45, 7) is 28.4. The van der Waals surface area contributed by atoms with Crippen molar-refractivity contribution >= 4 is 35.8 Å². The third-order valence-electron chi connectivity index (χ3n) is 8.84. The molecule has 19 nitrogen and oxygen atoms in total. The van der Waals surface area contributed by atoms with Crippen LogP contribution >= 0.6 is 0 Å². The molecule has 19 heteroatoms. The number of carbonyl (C=O) groups excluding carboxylic acids is 6. The van der Waals surface area contributed by atoms with Crippen molar-refractivity contribution in [1.82, 2.24) is 33.7 Å². The molecule has 1 aromatic heterocycles. The van der Waals surface area contributed by atoms with Crippen molar-refractivity contribution < 1.29 is 43.0 Å². The number of urea groups is 1. The van der Waals surface area contributed by atoms with Crippen LogP contribution in [0.25, 0.3) is 0 Å². The summed E-state index contributed by atoms with van der Waals surface area (Å²) >= 11 is 0. The molecule has 60 heavy (non-hydrogen) atoms. The maximum Gasteiger partial charge on any atom is 0.337 e. The van der Waals surface area contributed by atoms with Crippen LogP contribution in [0.4, 0.5) is 4.79 Å². The molecular weight excluding hydrogens is 782 g/mol. The maximum absolute atomic E-state index is 13.9. The van der Waals surface area contributed by atoms with Crippen molar-refractivity contribution in [2.24, 2.45) is 0 Å². The SMILES string of the molecule is C=C(C)C(=O)OCCN(C(=O)CCn1c(=O)n(CCC(=O)N(CCOC(=O)C(=C)C)C(C)(C)C)c(=O)n(CNC(=O)N(CCOC(=O)C(=C)C)C(C)(C)C)c1=O)C(C)(C)C. The minimum Gasteiger partial charge on any atom is -0.460 e. The smallest absolute Gasteiger partial charge is 0.337 e. The van der Waals surface area contributed by atoms with E-state index in [1.807, 2.05) is 0 Å². The molecule has 0 saturated carbocycles. The van der Waals surface area contributed by atoms with E-state index in [1.165, 1.54) is 35.5 Å². The molecule has 1 N–H and O–H groups in total. The van der Waals surface area contributed by atoms with Gasteiger partial charge in [-0.3, -0.25) is 9.59 Å². The lowest BCUT2D eigenvalue weighted by Crippen LogP contribution is -2.58. The summed E-state index contributed by atoms with van der Waals surface area (Å²) < 4.78 is 17.5. The Morgan fingerprint density at radius 3 is 1.08 bits per heavy atom. The standard InChI is InChI=1S/C41H65N7O12/c1-27(2)32(51)58-23-20-46(39(7,8)9)30(49)16-18-43-36(55)44(19-17-31(50)47(40(10,11)12)21-24-59-33(52)28(3)4)38(57)45(37(43)56)26-42-35(54)48(41(13,14)15)22-25-60-34(53)29(5)6/h1,3,5,16-26H2,2,4,6-15H3,(H,42,54). The first-order valence-corrected chi connectivity index (χ1v) is 19.5. The summed E-state index contributed by atoms with van der Waals surface area (Å²) in [4.78, 5) is 123. The lowest BCUT2D eigenvalue weighted by Gasteiger charge is -2.36. The Morgan fingerprint density at radius 2 is 0.800 bits per heavy atom. The number of nitrogens with zero attached hydrogens (tertiary/aromatic N) is 6. The highest BCUT2D eigenvalue weighted by molar-refractivity contribution is 5.88. The van der Waals surface area contributed by atoms with E-state index in [0.29, 0.717) is 13.7 Å². The molecule has 1 rings (SSSR count). The van der Waals surface area contributed by atoms with Gasteiger partial charge in [0.1, 0.15) is 26.5 Å². The lowest BCUT2D eigenvalue weighted by atomic mass is 10.1. The van der Waals surface area contributed by atoms with Gasteiger partial charge in [-0.05, 0) is 83.1 Å². The second-order valence-electron chi connectivity index (χ2n) is 17.2. The topological polar surface area (TPSA) is 218 Å². The molecule has 4 amide bonds. The maximum atomic E-state index is 13.9. The van der Waals surface area contributed by atoms with Gasteiger partial charge < -0.3 is 34.2 Å². The fourth-order valence-electron chi connectivity index (χ4n) is 5.60. The van der Waals surface area contributed by atoms with Gasteiger partial charge in [0.15, 0.2) is 0 Å². The van der Waals surface area contributed by atoms with Gasteiger partial charge in [0.05, 0.1) is 19.6 Å². The molecule has 0 aliphatic heterocycles. The molecule has 0 fully saturated rings. The highest BCUT2D eigenvalue weighted by atomic mass is 16.5. The Labute approximate surface area is 351 Å². The summed E-state index contributed by atoms with van der Waals surface area (Å²) in [7, 11) is 0. The predicted molar refractivity (Wildman–Crippen MR) is 224 cm³/mol. The zero-order valence-electron chi connectivity index (χ0n) is 37.5. The van der Waals surface area contributed by atoms with Crippen molar-refractivity contribution in [3.63, 3.8) is 0 Å². The second-order valence-corrected chi connectivity index (χ2v) is 17.2. The van der Waals surface area contributed by atoms with Crippen LogP contribution in [0.2, 0.25) is 0 Å². The number of hydrogen-bond acceptors (Lipinski definition) is 12. The summed E-state index contributed by atoms with van der Waals surface area (Å²) in [6, 6.07) is -0.740. The van der Waals surface area contributed by atoms with Crippen molar-refractivity contribution in [1.29, 1.82) is 0 Å². The first-order chi connectivity index (χ1) is 27.4. The zero-order valence-corrected chi connectivity index (χ0v) is 37.5. The number of amides is 4. The summed E-state index contributed by atoms with van der Waals surface area (Å²) in [5.41, 5.74) is -5.21. The second kappa shape index (κ2) is 22.0. The normalized spacial score (nSPS) is 11.5. The monoisotopic (exact) mass is 847 g/mol. The van der Waals surface area contributed by atoms with Crippen LogP contribution in [0, 0.1) is 0 Å². The van der Waals surface area contributed by atoms with E-state index in [0.717, 1.165) is 0 Å². The van der Waals surface area contributed by atoms with Crippen molar-refractivity contribution in [2.75, 3.05) is 39.5 Å². The van der Waals surface area contributed by atoms with E-state index >= 15 is 0 Å². The van der Waals surface area contributed by atoms with Crippen LogP contribution in [-0.4, -0.2) is 120 Å². The molecule has 0 bridgehead atoms. The van der Waals surface area contributed by atoms with E-state index in [9.17, 15) is 43.2 Å². The molecule has 0 unspecified atom stereocenters. The average Bonchev–Trinajstić information content (AvgIpc) is 3.10. The highest BCUT2D eigenvalue weighted by Crippen LogP contribution is 2.17. The van der Waals surface area contributed by atoms with E-state index in [-0.39, 0.29) is 56.2 Å². The fraction of sp³-hybridized carbons (Fsp3) is 0.634. The van der Waals surface area contributed by atoms with Gasteiger partial charge in [0.25, 0.3) is 0 Å². The quantitative estimate of drug-likeness (QED) is 0.114. The minimum absolute atomic E-state index is 0.0124. The third kappa shape index (κ3) is 15.8. The fourth-order valence-corrected chi connectivity index (χ4v) is 5.60. The van der Waals surface area contributed by atoms with Crippen molar-refractivity contribution in [3.8, 4) is 0 Å². The van der Waals surface area contributed by atoms with Crippen molar-refractivity contribution in [3.05, 3.63) is 67.9 Å². The first kappa shape index (κ1) is 52.3. The van der Waals surface area contributed by atoms with Gasteiger partial charge >= 0.3 is 41.0 Å². The van der Waals surface area contributed by atoms with Gasteiger partial charge in [0.2, 0.25) is 11.8 Å². The molecule has 1 aromatic rings. The van der Waals surface area contributed by atoms with Crippen LogP contribution in [-0.2, 0) is 57.9 Å². The molecule has 0 atom stereocenters. The van der Waals surface area contributed by atoms with Crippen LogP contribution in [0.3, 0.4) is 0 Å². The van der Waals surface area contributed by atoms with Crippen molar-refractivity contribution in [2.45, 2.75) is 132 Å². The van der Waals surface area contributed by atoms with Gasteiger partial charge in [-0.15, -0.1) is 0 Å². The lowest BCUT2D eigenvalue weighted by molar-refractivity contribution is -0.144. The number of hydrogen-bond donors (Lipinski definition) is 1. The molecule has 0 saturated heterocycles. The Balaban J connectivity index is 3.64. The average molecular weight is 848 g/mol. The zero-order chi connectivity index (χ0) is 46.5. The first-order valence-electron chi connectivity index (χ1n) is 19.5. The summed E-state index contributed by atoms with van der Waals surface area (Å²) in [5.74, 6) is -2.93. The molecule has 1 heterocycles. The number of esters is 3. The predicted octanol–water partition coefficient (Wildman–Crippen LogP) is 2.33. The van der Waals surface area contributed by atoms with Crippen LogP contribution in [0.1, 0.15) is 95.9 Å². The molecule has 0 aliphatic rings. The molecule has 0 aromatic carbocycles. The van der Waals surface area contributed by atoms with Gasteiger partial charge in [-0.1, -0.05) is 19.7 Å². The van der Waals surface area contributed by atoms with E-state index < -0.39 is 102 Å². The van der Waals surface area contributed by atoms with Gasteiger partial charge in [-0.25, -0.2) is 47.3 Å². The highest BCUT2D eigenvalue weighted by Gasteiger charge is 2.30.